The van der Waals surface area contributed by atoms with Gasteiger partial charge in [0.25, 0.3) is 5.91 Å². The van der Waals surface area contributed by atoms with E-state index < -0.39 is 10.0 Å². The lowest BCUT2D eigenvalue weighted by Crippen LogP contribution is -2.41. The molecular weight excluding hydrogens is 402 g/mol. The number of morpholine rings is 1. The zero-order valence-electron chi connectivity index (χ0n) is 16.5. The van der Waals surface area contributed by atoms with Crippen LogP contribution in [0.25, 0.3) is 0 Å². The maximum atomic E-state index is 13.1. The summed E-state index contributed by atoms with van der Waals surface area (Å²) in [4.78, 5) is 15.0. The Morgan fingerprint density at radius 2 is 1.96 bits per heavy atom. The van der Waals surface area contributed by atoms with Crippen molar-refractivity contribution in [3.8, 4) is 0 Å². The van der Waals surface area contributed by atoms with E-state index >= 15 is 0 Å². The first kappa shape index (κ1) is 23.1. The number of halogens is 1. The number of hydrogen-bond acceptors (Lipinski definition) is 5. The smallest absolute Gasteiger partial charge is 0.253 e. The van der Waals surface area contributed by atoms with Crippen molar-refractivity contribution >= 4 is 28.3 Å². The molecule has 2 saturated heterocycles. The first-order valence-corrected chi connectivity index (χ1v) is 11.1. The van der Waals surface area contributed by atoms with E-state index in [0.717, 1.165) is 18.5 Å². The number of carbonyl (C=O) groups excluding carboxylic acids is 1. The second kappa shape index (κ2) is 10.0. The van der Waals surface area contributed by atoms with E-state index in [1.165, 1.54) is 4.31 Å². The number of nitrogens with one attached hydrogen (secondary N) is 1. The highest BCUT2D eigenvalue weighted by molar-refractivity contribution is 7.89. The highest BCUT2D eigenvalue weighted by Gasteiger charge is 2.31. The van der Waals surface area contributed by atoms with Gasteiger partial charge in [-0.3, -0.25) is 4.79 Å². The van der Waals surface area contributed by atoms with Crippen molar-refractivity contribution in [3.63, 3.8) is 0 Å². The molecule has 2 fully saturated rings. The fraction of sp³-hybridized carbons (Fsp3) is 0.632. The second-order valence-electron chi connectivity index (χ2n) is 7.16. The molecule has 9 heteroatoms. The van der Waals surface area contributed by atoms with Gasteiger partial charge in [0, 0.05) is 31.7 Å². The van der Waals surface area contributed by atoms with Crippen LogP contribution in [0.5, 0.6) is 0 Å². The summed E-state index contributed by atoms with van der Waals surface area (Å²) in [6, 6.07) is 5.10. The monoisotopic (exact) mass is 431 g/mol. The van der Waals surface area contributed by atoms with Gasteiger partial charge in [-0.25, -0.2) is 8.42 Å². The molecule has 1 amide bonds. The fourth-order valence-electron chi connectivity index (χ4n) is 3.80. The van der Waals surface area contributed by atoms with Crippen LogP contribution < -0.4 is 5.32 Å². The van der Waals surface area contributed by atoms with E-state index in [4.69, 9.17) is 4.74 Å². The molecule has 0 radical (unpaired) electrons. The van der Waals surface area contributed by atoms with Gasteiger partial charge in [-0.15, -0.1) is 12.4 Å². The number of aryl methyl sites for hydroxylation is 1. The van der Waals surface area contributed by atoms with Crippen LogP contribution in [0.1, 0.15) is 29.3 Å². The molecular formula is C19H30ClN3O4S. The maximum Gasteiger partial charge on any atom is 0.253 e. The Hall–Kier alpha value is -1.19. The molecule has 3 rings (SSSR count). The summed E-state index contributed by atoms with van der Waals surface area (Å²) in [7, 11) is -1.72. The van der Waals surface area contributed by atoms with E-state index in [1.807, 2.05) is 18.9 Å². The summed E-state index contributed by atoms with van der Waals surface area (Å²) in [6.07, 6.45) is 1.57. The first-order valence-electron chi connectivity index (χ1n) is 9.62. The Morgan fingerprint density at radius 1 is 1.25 bits per heavy atom. The highest BCUT2D eigenvalue weighted by Crippen LogP contribution is 2.25. The van der Waals surface area contributed by atoms with Crippen LogP contribution in [-0.4, -0.2) is 76.5 Å². The largest absolute Gasteiger partial charge is 0.379 e. The Labute approximate surface area is 173 Å². The third kappa shape index (κ3) is 4.86. The van der Waals surface area contributed by atoms with E-state index in [0.29, 0.717) is 57.3 Å². The number of hydrogen-bond donors (Lipinski definition) is 1. The molecule has 0 spiro atoms. The second-order valence-corrected chi connectivity index (χ2v) is 9.06. The van der Waals surface area contributed by atoms with Crippen molar-refractivity contribution in [1.82, 2.24) is 14.5 Å². The number of benzene rings is 1. The van der Waals surface area contributed by atoms with Crippen LogP contribution in [0.15, 0.2) is 23.1 Å². The minimum atomic E-state index is -3.63. The Morgan fingerprint density at radius 3 is 2.61 bits per heavy atom. The van der Waals surface area contributed by atoms with Gasteiger partial charge in [-0.2, -0.15) is 4.31 Å². The summed E-state index contributed by atoms with van der Waals surface area (Å²) in [5.41, 5.74) is 1.19. The van der Waals surface area contributed by atoms with Gasteiger partial charge in [0.05, 0.1) is 18.1 Å². The van der Waals surface area contributed by atoms with Crippen LogP contribution in [0.2, 0.25) is 0 Å². The van der Waals surface area contributed by atoms with Gasteiger partial charge in [-0.05, 0) is 50.0 Å². The van der Waals surface area contributed by atoms with E-state index in [1.54, 1.807) is 18.2 Å². The lowest BCUT2D eigenvalue weighted by Gasteiger charge is -2.27. The van der Waals surface area contributed by atoms with Crippen molar-refractivity contribution < 1.29 is 17.9 Å². The molecule has 158 valence electrons. The van der Waals surface area contributed by atoms with Gasteiger partial charge in [0.15, 0.2) is 0 Å². The van der Waals surface area contributed by atoms with Gasteiger partial charge >= 0.3 is 0 Å². The first-order chi connectivity index (χ1) is 13.0. The van der Waals surface area contributed by atoms with E-state index in [9.17, 15) is 13.2 Å². The third-order valence-corrected chi connectivity index (χ3v) is 7.33. The van der Waals surface area contributed by atoms with E-state index in [-0.39, 0.29) is 23.2 Å². The summed E-state index contributed by atoms with van der Waals surface area (Å²) in [5, 5.41) is 3.16. The van der Waals surface area contributed by atoms with Crippen molar-refractivity contribution in [2.45, 2.75) is 24.7 Å². The summed E-state index contributed by atoms with van der Waals surface area (Å²) in [6.45, 7) is 5.74. The minimum absolute atomic E-state index is 0. The quantitative estimate of drug-likeness (QED) is 0.736. The molecule has 1 N–H and O–H groups in total. The predicted octanol–water partition coefficient (Wildman–Crippen LogP) is 1.37. The molecule has 2 heterocycles. The van der Waals surface area contributed by atoms with Crippen LogP contribution in [0.3, 0.4) is 0 Å². The molecule has 28 heavy (non-hydrogen) atoms. The summed E-state index contributed by atoms with van der Waals surface area (Å²) in [5.74, 6) is 0.361. The molecule has 0 saturated carbocycles. The molecule has 2 aliphatic rings. The van der Waals surface area contributed by atoms with Crippen LogP contribution in [-0.2, 0) is 21.2 Å². The van der Waals surface area contributed by atoms with Crippen molar-refractivity contribution in [2.75, 3.05) is 53.0 Å². The van der Waals surface area contributed by atoms with Gasteiger partial charge in [0.1, 0.15) is 0 Å². The topological polar surface area (TPSA) is 79.0 Å². The van der Waals surface area contributed by atoms with Crippen molar-refractivity contribution in [1.29, 1.82) is 0 Å². The molecule has 1 aromatic carbocycles. The average Bonchev–Trinajstić information content (AvgIpc) is 3.16. The Kier molecular flexibility index (Phi) is 8.27. The molecule has 1 atom stereocenters. The van der Waals surface area contributed by atoms with Gasteiger partial charge in [-0.1, -0.05) is 13.0 Å². The average molecular weight is 432 g/mol. The molecule has 2 aliphatic heterocycles. The number of ether oxygens (including phenoxy) is 1. The number of amides is 1. The predicted molar refractivity (Wildman–Crippen MR) is 111 cm³/mol. The lowest BCUT2D eigenvalue weighted by atomic mass is 10.1. The third-order valence-electron chi connectivity index (χ3n) is 5.35. The molecule has 0 aromatic heterocycles. The van der Waals surface area contributed by atoms with Gasteiger partial charge < -0.3 is 15.0 Å². The number of carbonyl (C=O) groups is 1. The van der Waals surface area contributed by atoms with Gasteiger partial charge in [0.2, 0.25) is 10.0 Å². The number of rotatable bonds is 6. The number of likely N-dealkylation sites (tertiary alicyclic amines) is 1. The normalized spacial score (nSPS) is 20.8. The summed E-state index contributed by atoms with van der Waals surface area (Å²) < 4.78 is 33.0. The Balaban J connectivity index is 0.00000280. The standard InChI is InChI=1S/C19H29N3O4S.ClH/c1-3-16-4-5-17(19(23)21-7-6-15(14-21)13-20-2)12-18(16)27(24,25)22-8-10-26-11-9-22;/h4-5,12,15,20H,3,6-11,13-14H2,1-2H3;1H. The van der Waals surface area contributed by atoms with Crippen LogP contribution in [0.4, 0.5) is 0 Å². The van der Waals surface area contributed by atoms with Crippen LogP contribution >= 0.6 is 12.4 Å². The number of nitrogens with zero attached hydrogens (tertiary/aromatic N) is 2. The maximum absolute atomic E-state index is 13.1. The fourth-order valence-corrected chi connectivity index (χ4v) is 5.53. The zero-order chi connectivity index (χ0) is 19.4. The molecule has 1 unspecified atom stereocenters. The summed E-state index contributed by atoms with van der Waals surface area (Å²) >= 11 is 0. The lowest BCUT2D eigenvalue weighted by molar-refractivity contribution is 0.0730. The zero-order valence-corrected chi connectivity index (χ0v) is 18.2. The van der Waals surface area contributed by atoms with Crippen LogP contribution in [0, 0.1) is 5.92 Å². The molecule has 0 bridgehead atoms. The SMILES string of the molecule is CCc1ccc(C(=O)N2CCC(CNC)C2)cc1S(=O)(=O)N1CCOCC1.Cl. The highest BCUT2D eigenvalue weighted by atomic mass is 35.5. The Bertz CT molecular complexity index is 781. The number of sulfonamides is 1. The molecule has 7 nitrogen and oxygen atoms in total. The van der Waals surface area contributed by atoms with Crippen molar-refractivity contribution in [3.05, 3.63) is 29.3 Å². The molecule has 1 aromatic rings. The van der Waals surface area contributed by atoms with E-state index in [2.05, 4.69) is 5.32 Å². The van der Waals surface area contributed by atoms with Crippen molar-refractivity contribution in [2.24, 2.45) is 5.92 Å². The minimum Gasteiger partial charge on any atom is -0.379 e. The molecule has 0 aliphatic carbocycles.